The summed E-state index contributed by atoms with van der Waals surface area (Å²) >= 11 is 0. The summed E-state index contributed by atoms with van der Waals surface area (Å²) in [7, 11) is -3.57. The molecule has 2 rings (SSSR count). The van der Waals surface area contributed by atoms with E-state index < -0.39 is 10.0 Å². The standard InChI is InChI=1S/C12H20N4O2S/c1-3-7-15-9-11(12(13)14-15)19(17,18)16(8-4-2)10-5-6-10/h4,9-10H,2-3,5-8H2,1H3,(H2,13,14). The summed E-state index contributed by atoms with van der Waals surface area (Å²) in [6, 6.07) is 0.0805. The van der Waals surface area contributed by atoms with Gasteiger partial charge in [0.25, 0.3) is 0 Å². The average molecular weight is 284 g/mol. The van der Waals surface area contributed by atoms with Crippen LogP contribution in [0.5, 0.6) is 0 Å². The van der Waals surface area contributed by atoms with Gasteiger partial charge in [-0.3, -0.25) is 4.68 Å². The quantitative estimate of drug-likeness (QED) is 0.763. The molecule has 1 aromatic heterocycles. The molecule has 0 unspecified atom stereocenters. The van der Waals surface area contributed by atoms with Crippen molar-refractivity contribution in [2.75, 3.05) is 12.3 Å². The Balaban J connectivity index is 2.34. The Morgan fingerprint density at radius 2 is 2.32 bits per heavy atom. The van der Waals surface area contributed by atoms with Gasteiger partial charge in [0.2, 0.25) is 10.0 Å². The molecule has 1 aliphatic rings. The zero-order valence-corrected chi connectivity index (χ0v) is 11.9. The topological polar surface area (TPSA) is 81.2 Å². The molecule has 0 bridgehead atoms. The normalized spacial score (nSPS) is 15.9. The summed E-state index contributed by atoms with van der Waals surface area (Å²) in [5.74, 6) is 0.0724. The highest BCUT2D eigenvalue weighted by Gasteiger charge is 2.38. The lowest BCUT2D eigenvalue weighted by molar-refractivity contribution is 0.436. The van der Waals surface area contributed by atoms with Gasteiger partial charge in [-0.15, -0.1) is 6.58 Å². The number of sulfonamides is 1. The van der Waals surface area contributed by atoms with Gasteiger partial charge in [0.1, 0.15) is 4.90 Å². The van der Waals surface area contributed by atoms with Crippen molar-refractivity contribution in [3.05, 3.63) is 18.9 Å². The van der Waals surface area contributed by atoms with Crippen molar-refractivity contribution in [2.45, 2.75) is 43.7 Å². The van der Waals surface area contributed by atoms with Crippen molar-refractivity contribution < 1.29 is 8.42 Å². The largest absolute Gasteiger partial charge is 0.381 e. The summed E-state index contributed by atoms with van der Waals surface area (Å²) in [4.78, 5) is 0.106. The maximum Gasteiger partial charge on any atom is 0.248 e. The molecule has 0 spiro atoms. The van der Waals surface area contributed by atoms with Gasteiger partial charge >= 0.3 is 0 Å². The van der Waals surface area contributed by atoms with Crippen molar-refractivity contribution in [3.63, 3.8) is 0 Å². The van der Waals surface area contributed by atoms with Gasteiger partial charge < -0.3 is 5.73 Å². The Bertz CT molecular complexity index is 560. The minimum atomic E-state index is -3.57. The van der Waals surface area contributed by atoms with Crippen LogP contribution in [0.25, 0.3) is 0 Å². The molecule has 19 heavy (non-hydrogen) atoms. The molecule has 1 heterocycles. The smallest absolute Gasteiger partial charge is 0.248 e. The first-order chi connectivity index (χ1) is 9.00. The third-order valence-corrected chi connectivity index (χ3v) is 4.99. The summed E-state index contributed by atoms with van der Waals surface area (Å²) in [5.41, 5.74) is 5.75. The van der Waals surface area contributed by atoms with Gasteiger partial charge in [0.15, 0.2) is 5.82 Å². The summed E-state index contributed by atoms with van der Waals surface area (Å²) in [6.07, 6.45) is 5.79. The monoisotopic (exact) mass is 284 g/mol. The first-order valence-corrected chi connectivity index (χ1v) is 7.90. The van der Waals surface area contributed by atoms with Crippen LogP contribution in [0.1, 0.15) is 26.2 Å². The minimum absolute atomic E-state index is 0.0724. The SMILES string of the molecule is C=CCN(C1CC1)S(=O)(=O)c1cn(CCC)nc1N. The van der Waals surface area contributed by atoms with E-state index in [0.29, 0.717) is 13.1 Å². The van der Waals surface area contributed by atoms with Crippen molar-refractivity contribution >= 4 is 15.8 Å². The molecular weight excluding hydrogens is 264 g/mol. The van der Waals surface area contributed by atoms with Crippen LogP contribution in [0.2, 0.25) is 0 Å². The number of hydrogen-bond acceptors (Lipinski definition) is 4. The van der Waals surface area contributed by atoms with E-state index >= 15 is 0 Å². The van der Waals surface area contributed by atoms with E-state index in [1.807, 2.05) is 6.92 Å². The lowest BCUT2D eigenvalue weighted by atomic mass is 10.5. The highest BCUT2D eigenvalue weighted by Crippen LogP contribution is 2.33. The third kappa shape index (κ3) is 2.82. The lowest BCUT2D eigenvalue weighted by Crippen LogP contribution is -2.33. The van der Waals surface area contributed by atoms with Gasteiger partial charge in [0, 0.05) is 25.3 Å². The van der Waals surface area contributed by atoms with Crippen LogP contribution in [0.3, 0.4) is 0 Å². The highest BCUT2D eigenvalue weighted by atomic mass is 32.2. The van der Waals surface area contributed by atoms with Crippen LogP contribution in [-0.2, 0) is 16.6 Å². The fourth-order valence-corrected chi connectivity index (χ4v) is 3.74. The van der Waals surface area contributed by atoms with E-state index in [4.69, 9.17) is 5.73 Å². The van der Waals surface area contributed by atoms with Crippen LogP contribution >= 0.6 is 0 Å². The van der Waals surface area contributed by atoms with E-state index in [-0.39, 0.29) is 16.8 Å². The molecule has 1 aromatic rings. The number of aromatic nitrogens is 2. The summed E-state index contributed by atoms with van der Waals surface area (Å²) in [6.45, 7) is 6.59. The maximum absolute atomic E-state index is 12.6. The molecule has 7 heteroatoms. The molecule has 1 aliphatic carbocycles. The van der Waals surface area contributed by atoms with E-state index in [0.717, 1.165) is 19.3 Å². The van der Waals surface area contributed by atoms with E-state index in [1.165, 1.54) is 10.5 Å². The van der Waals surface area contributed by atoms with E-state index in [2.05, 4.69) is 11.7 Å². The lowest BCUT2D eigenvalue weighted by Gasteiger charge is -2.19. The third-order valence-electron chi connectivity index (χ3n) is 3.06. The fraction of sp³-hybridized carbons (Fsp3) is 0.583. The zero-order valence-electron chi connectivity index (χ0n) is 11.1. The number of nitrogens with zero attached hydrogens (tertiary/aromatic N) is 3. The molecule has 6 nitrogen and oxygen atoms in total. The molecule has 2 N–H and O–H groups in total. The van der Waals surface area contributed by atoms with Gasteiger partial charge in [0.05, 0.1) is 0 Å². The predicted molar refractivity (Wildman–Crippen MR) is 74.0 cm³/mol. The summed E-state index contributed by atoms with van der Waals surface area (Å²) < 4.78 is 28.2. The van der Waals surface area contributed by atoms with Crippen LogP contribution in [0, 0.1) is 0 Å². The second kappa shape index (κ2) is 5.34. The number of anilines is 1. The molecular formula is C12H20N4O2S. The molecule has 0 atom stereocenters. The number of rotatable bonds is 7. The van der Waals surface area contributed by atoms with Crippen molar-refractivity contribution in [2.24, 2.45) is 0 Å². The molecule has 0 saturated heterocycles. The van der Waals surface area contributed by atoms with Crippen LogP contribution in [-0.4, -0.2) is 35.1 Å². The van der Waals surface area contributed by atoms with Crippen LogP contribution < -0.4 is 5.73 Å². The second-order valence-electron chi connectivity index (χ2n) is 4.74. The molecule has 0 aromatic carbocycles. The Labute approximate surface area is 113 Å². The Kier molecular flexibility index (Phi) is 3.96. The Hall–Kier alpha value is -1.34. The maximum atomic E-state index is 12.6. The average Bonchev–Trinajstić information content (AvgIpc) is 3.10. The molecule has 106 valence electrons. The van der Waals surface area contributed by atoms with Gasteiger partial charge in [-0.05, 0) is 19.3 Å². The van der Waals surface area contributed by atoms with Crippen molar-refractivity contribution in [3.8, 4) is 0 Å². The van der Waals surface area contributed by atoms with Crippen molar-refractivity contribution in [1.29, 1.82) is 0 Å². The first-order valence-electron chi connectivity index (χ1n) is 6.46. The fourth-order valence-electron chi connectivity index (χ4n) is 2.02. The van der Waals surface area contributed by atoms with Crippen LogP contribution in [0.15, 0.2) is 23.7 Å². The van der Waals surface area contributed by atoms with Gasteiger partial charge in [-0.2, -0.15) is 9.40 Å². The Morgan fingerprint density at radius 3 is 2.84 bits per heavy atom. The van der Waals surface area contributed by atoms with Crippen LogP contribution in [0.4, 0.5) is 5.82 Å². The zero-order chi connectivity index (χ0) is 14.0. The molecule has 0 radical (unpaired) electrons. The molecule has 1 saturated carbocycles. The number of hydrogen-bond donors (Lipinski definition) is 1. The highest BCUT2D eigenvalue weighted by molar-refractivity contribution is 7.89. The van der Waals surface area contributed by atoms with E-state index in [1.54, 1.807) is 10.8 Å². The van der Waals surface area contributed by atoms with E-state index in [9.17, 15) is 8.42 Å². The number of nitrogen functional groups attached to an aromatic ring is 1. The molecule has 0 amide bonds. The Morgan fingerprint density at radius 1 is 1.63 bits per heavy atom. The molecule has 0 aliphatic heterocycles. The predicted octanol–water partition coefficient (Wildman–Crippen LogP) is 1.21. The number of nitrogens with two attached hydrogens (primary N) is 1. The van der Waals surface area contributed by atoms with Crippen molar-refractivity contribution in [1.82, 2.24) is 14.1 Å². The second-order valence-corrected chi connectivity index (χ2v) is 6.60. The summed E-state index contributed by atoms with van der Waals surface area (Å²) in [5, 5.41) is 4.05. The minimum Gasteiger partial charge on any atom is -0.381 e. The van der Waals surface area contributed by atoms with Gasteiger partial charge in [-0.1, -0.05) is 13.0 Å². The number of aryl methyl sites for hydroxylation is 1. The molecule has 1 fully saturated rings. The van der Waals surface area contributed by atoms with Gasteiger partial charge in [-0.25, -0.2) is 8.42 Å². The first kappa shape index (κ1) is 14.1.